The average Bonchev–Trinajstić information content (AvgIpc) is 2.95. The third-order valence-electron chi connectivity index (χ3n) is 4.98. The quantitative estimate of drug-likeness (QED) is 0.637. The number of carbonyl (C=O) groups excluding carboxylic acids is 1. The first kappa shape index (κ1) is 20.7. The van der Waals surface area contributed by atoms with E-state index < -0.39 is 0 Å². The fourth-order valence-electron chi connectivity index (χ4n) is 3.36. The highest BCUT2D eigenvalue weighted by molar-refractivity contribution is 5.78. The number of aromatic nitrogens is 2. The van der Waals surface area contributed by atoms with Crippen LogP contribution >= 0.6 is 0 Å². The van der Waals surface area contributed by atoms with Crippen LogP contribution in [0.15, 0.2) is 54.6 Å². The predicted octanol–water partition coefficient (Wildman–Crippen LogP) is 3.44. The molecule has 1 heterocycles. The van der Waals surface area contributed by atoms with Crippen LogP contribution in [0, 0.1) is 19.7 Å². The first-order valence-corrected chi connectivity index (χ1v) is 9.69. The van der Waals surface area contributed by atoms with Crippen molar-refractivity contribution in [1.82, 2.24) is 20.0 Å². The number of likely N-dealkylation sites (N-methyl/N-ethyl adjacent to an activating group) is 1. The van der Waals surface area contributed by atoms with Gasteiger partial charge in [0.1, 0.15) is 5.82 Å². The molecule has 0 bridgehead atoms. The van der Waals surface area contributed by atoms with E-state index in [1.54, 1.807) is 30.1 Å². The van der Waals surface area contributed by atoms with E-state index in [0.717, 1.165) is 17.0 Å². The van der Waals surface area contributed by atoms with Crippen molar-refractivity contribution in [3.63, 3.8) is 0 Å². The minimum Gasteiger partial charge on any atom is -0.351 e. The lowest BCUT2D eigenvalue weighted by Crippen LogP contribution is -2.34. The van der Waals surface area contributed by atoms with Crippen LogP contribution in [0.5, 0.6) is 0 Å². The molecule has 3 rings (SSSR count). The van der Waals surface area contributed by atoms with E-state index in [9.17, 15) is 9.18 Å². The molecule has 6 heteroatoms. The monoisotopic (exact) mass is 394 g/mol. The summed E-state index contributed by atoms with van der Waals surface area (Å²) < 4.78 is 15.7. The number of hydrogen-bond donors (Lipinski definition) is 1. The number of amides is 1. The molecule has 0 spiro atoms. The second-order valence-electron chi connectivity index (χ2n) is 7.33. The van der Waals surface area contributed by atoms with Gasteiger partial charge in [-0.2, -0.15) is 5.10 Å². The zero-order valence-electron chi connectivity index (χ0n) is 17.2. The number of hydrogen-bond acceptors (Lipinski definition) is 3. The van der Waals surface area contributed by atoms with Crippen LogP contribution in [0.25, 0.3) is 0 Å². The van der Waals surface area contributed by atoms with Gasteiger partial charge in [0.05, 0.1) is 18.8 Å². The summed E-state index contributed by atoms with van der Waals surface area (Å²) in [6.07, 6.45) is 0. The molecule has 29 heavy (non-hydrogen) atoms. The summed E-state index contributed by atoms with van der Waals surface area (Å²) in [5, 5.41) is 7.58. The topological polar surface area (TPSA) is 50.2 Å². The highest BCUT2D eigenvalue weighted by Crippen LogP contribution is 2.15. The van der Waals surface area contributed by atoms with Gasteiger partial charge < -0.3 is 5.32 Å². The molecule has 1 aromatic heterocycles. The Hall–Kier alpha value is -2.99. The van der Waals surface area contributed by atoms with Gasteiger partial charge in [-0.3, -0.25) is 14.4 Å². The summed E-state index contributed by atoms with van der Waals surface area (Å²) in [7, 11) is 1.81. The molecule has 0 atom stereocenters. The molecule has 5 nitrogen and oxygen atoms in total. The van der Waals surface area contributed by atoms with Crippen LogP contribution in [0.1, 0.15) is 28.1 Å². The van der Waals surface area contributed by atoms with Crippen molar-refractivity contribution < 1.29 is 9.18 Å². The molecule has 0 aliphatic carbocycles. The van der Waals surface area contributed by atoms with Crippen LogP contribution in [0.3, 0.4) is 0 Å². The highest BCUT2D eigenvalue weighted by Gasteiger charge is 2.14. The minimum atomic E-state index is -0.253. The van der Waals surface area contributed by atoms with Gasteiger partial charge >= 0.3 is 0 Å². The Morgan fingerprint density at radius 3 is 2.52 bits per heavy atom. The zero-order chi connectivity index (χ0) is 20.8. The van der Waals surface area contributed by atoms with Gasteiger partial charge in [0.2, 0.25) is 5.91 Å². The Bertz CT molecular complexity index is 968. The van der Waals surface area contributed by atoms with Crippen LogP contribution < -0.4 is 5.32 Å². The van der Waals surface area contributed by atoms with Crippen LogP contribution in [-0.4, -0.2) is 34.2 Å². The molecular formula is C23H27FN4O. The number of carbonyl (C=O) groups is 1. The summed E-state index contributed by atoms with van der Waals surface area (Å²) in [6.45, 7) is 5.69. The lowest BCUT2D eigenvalue weighted by Gasteiger charge is -2.17. The van der Waals surface area contributed by atoms with Gasteiger partial charge in [-0.1, -0.05) is 48.5 Å². The second-order valence-corrected chi connectivity index (χ2v) is 7.33. The molecule has 0 saturated carbocycles. The first-order chi connectivity index (χ1) is 13.9. The number of nitrogens with one attached hydrogen (secondary N) is 1. The van der Waals surface area contributed by atoms with Crippen molar-refractivity contribution in [2.24, 2.45) is 0 Å². The van der Waals surface area contributed by atoms with E-state index in [2.05, 4.69) is 22.5 Å². The Kier molecular flexibility index (Phi) is 6.77. The summed E-state index contributed by atoms with van der Waals surface area (Å²) in [5.74, 6) is -0.352. The maximum atomic E-state index is 13.8. The number of halogens is 1. The summed E-state index contributed by atoms with van der Waals surface area (Å²) in [4.78, 5) is 14.1. The molecule has 0 saturated heterocycles. The van der Waals surface area contributed by atoms with Crippen LogP contribution in [0.4, 0.5) is 4.39 Å². The third-order valence-corrected chi connectivity index (χ3v) is 4.98. The van der Waals surface area contributed by atoms with E-state index >= 15 is 0 Å². The Morgan fingerprint density at radius 2 is 1.79 bits per heavy atom. The van der Waals surface area contributed by atoms with Crippen LogP contribution in [-0.2, 0) is 24.4 Å². The van der Waals surface area contributed by atoms with Crippen molar-refractivity contribution >= 4 is 5.91 Å². The SMILES string of the molecule is Cc1nn(Cc2ccccc2)c(C)c1CNC(=O)CN(C)Cc1ccccc1F. The average molecular weight is 394 g/mol. The zero-order valence-corrected chi connectivity index (χ0v) is 17.2. The molecule has 0 unspecified atom stereocenters. The van der Waals surface area contributed by atoms with E-state index in [1.807, 2.05) is 36.7 Å². The second kappa shape index (κ2) is 9.47. The molecule has 0 aliphatic heterocycles. The van der Waals surface area contributed by atoms with Crippen molar-refractivity contribution in [1.29, 1.82) is 0 Å². The summed E-state index contributed by atoms with van der Waals surface area (Å²) in [6, 6.07) is 16.8. The van der Waals surface area contributed by atoms with Crippen molar-refractivity contribution in [3.8, 4) is 0 Å². The summed E-state index contributed by atoms with van der Waals surface area (Å²) in [5.41, 5.74) is 4.76. The maximum absolute atomic E-state index is 13.8. The lowest BCUT2D eigenvalue weighted by atomic mass is 10.2. The smallest absolute Gasteiger partial charge is 0.234 e. The highest BCUT2D eigenvalue weighted by atomic mass is 19.1. The normalized spacial score (nSPS) is 11.1. The minimum absolute atomic E-state index is 0.0987. The molecule has 0 aliphatic rings. The van der Waals surface area contributed by atoms with Gasteiger partial charge in [-0.15, -0.1) is 0 Å². The van der Waals surface area contributed by atoms with E-state index in [0.29, 0.717) is 25.2 Å². The Labute approximate surface area is 171 Å². The number of rotatable bonds is 8. The Balaban J connectivity index is 1.55. The van der Waals surface area contributed by atoms with Crippen molar-refractivity contribution in [2.75, 3.05) is 13.6 Å². The molecular weight excluding hydrogens is 367 g/mol. The number of benzene rings is 2. The van der Waals surface area contributed by atoms with Gasteiger partial charge in [0, 0.05) is 29.9 Å². The molecule has 0 fully saturated rings. The lowest BCUT2D eigenvalue weighted by molar-refractivity contribution is -0.122. The predicted molar refractivity (Wildman–Crippen MR) is 112 cm³/mol. The van der Waals surface area contributed by atoms with Gasteiger partial charge in [-0.05, 0) is 32.5 Å². The fourth-order valence-corrected chi connectivity index (χ4v) is 3.36. The van der Waals surface area contributed by atoms with E-state index in [1.165, 1.54) is 11.6 Å². The van der Waals surface area contributed by atoms with Gasteiger partial charge in [0.25, 0.3) is 0 Å². The first-order valence-electron chi connectivity index (χ1n) is 9.69. The largest absolute Gasteiger partial charge is 0.351 e. The van der Waals surface area contributed by atoms with Gasteiger partial charge in [-0.25, -0.2) is 4.39 Å². The molecule has 152 valence electrons. The number of nitrogens with zero attached hydrogens (tertiary/aromatic N) is 3. The van der Waals surface area contributed by atoms with Crippen molar-refractivity contribution in [2.45, 2.75) is 33.5 Å². The third kappa shape index (κ3) is 5.51. The molecule has 0 radical (unpaired) electrons. The van der Waals surface area contributed by atoms with E-state index in [4.69, 9.17) is 0 Å². The fraction of sp³-hybridized carbons (Fsp3) is 0.304. The standard InChI is InChI=1S/C23H27FN4O/c1-17-21(18(2)28(26-17)14-19-9-5-4-6-10-19)13-25-23(29)16-27(3)15-20-11-7-8-12-22(20)24/h4-12H,13-16H2,1-3H3,(H,25,29). The molecule has 2 aromatic carbocycles. The summed E-state index contributed by atoms with van der Waals surface area (Å²) >= 11 is 0. The van der Waals surface area contributed by atoms with E-state index in [-0.39, 0.29) is 18.3 Å². The molecule has 1 N–H and O–H groups in total. The van der Waals surface area contributed by atoms with Crippen molar-refractivity contribution in [3.05, 3.63) is 88.5 Å². The maximum Gasteiger partial charge on any atom is 0.234 e. The number of aryl methyl sites for hydroxylation is 1. The van der Waals surface area contributed by atoms with Gasteiger partial charge in [0.15, 0.2) is 0 Å². The van der Waals surface area contributed by atoms with Crippen LogP contribution in [0.2, 0.25) is 0 Å². The molecule has 1 amide bonds. The molecule has 3 aromatic rings. The Morgan fingerprint density at radius 1 is 1.10 bits per heavy atom.